The SMILES string of the molecule is Cc1cc2c(c3nc(CCn4ccccc4=O)n(C)c13)CCC(C)N2C(=O)O. The highest BCUT2D eigenvalue weighted by Gasteiger charge is 2.31. The Bertz CT molecular complexity index is 1130. The molecular weight excluding hydrogens is 356 g/mol. The van der Waals surface area contributed by atoms with Crippen LogP contribution in [0.15, 0.2) is 35.3 Å². The Balaban J connectivity index is 1.78. The van der Waals surface area contributed by atoms with Crippen molar-refractivity contribution >= 4 is 22.8 Å². The first-order chi connectivity index (χ1) is 13.4. The molecule has 0 saturated carbocycles. The molecular formula is C21H24N4O3. The van der Waals surface area contributed by atoms with Gasteiger partial charge in [0.25, 0.3) is 5.56 Å². The van der Waals surface area contributed by atoms with Gasteiger partial charge in [0.05, 0.1) is 16.7 Å². The molecule has 3 aromatic rings. The van der Waals surface area contributed by atoms with Gasteiger partial charge in [-0.15, -0.1) is 0 Å². The van der Waals surface area contributed by atoms with Crippen LogP contribution in [0.25, 0.3) is 11.0 Å². The predicted molar refractivity (Wildman–Crippen MR) is 108 cm³/mol. The highest BCUT2D eigenvalue weighted by molar-refractivity contribution is 5.96. The molecule has 28 heavy (non-hydrogen) atoms. The van der Waals surface area contributed by atoms with Gasteiger partial charge in [-0.1, -0.05) is 6.07 Å². The Labute approximate surface area is 162 Å². The number of hydrogen-bond donors (Lipinski definition) is 1. The number of amides is 1. The van der Waals surface area contributed by atoms with Crippen LogP contribution in [0.2, 0.25) is 0 Å². The summed E-state index contributed by atoms with van der Waals surface area (Å²) >= 11 is 0. The molecule has 3 heterocycles. The summed E-state index contributed by atoms with van der Waals surface area (Å²) in [5, 5.41) is 9.68. The molecule has 1 amide bonds. The van der Waals surface area contributed by atoms with Crippen LogP contribution < -0.4 is 10.5 Å². The Morgan fingerprint density at radius 3 is 2.86 bits per heavy atom. The minimum atomic E-state index is -0.924. The summed E-state index contributed by atoms with van der Waals surface area (Å²) in [5.41, 5.74) is 4.65. The lowest BCUT2D eigenvalue weighted by Crippen LogP contribution is -2.41. The molecule has 1 N–H and O–H groups in total. The third-order valence-corrected chi connectivity index (χ3v) is 5.70. The smallest absolute Gasteiger partial charge is 0.412 e. The van der Waals surface area contributed by atoms with Crippen molar-refractivity contribution in [2.45, 2.75) is 45.7 Å². The zero-order chi connectivity index (χ0) is 20.0. The van der Waals surface area contributed by atoms with Gasteiger partial charge in [-0.25, -0.2) is 9.78 Å². The number of imidazole rings is 1. The summed E-state index contributed by atoms with van der Waals surface area (Å²) in [6.45, 7) is 4.49. The first kappa shape index (κ1) is 18.3. The van der Waals surface area contributed by atoms with Crippen molar-refractivity contribution < 1.29 is 9.90 Å². The fourth-order valence-electron chi connectivity index (χ4n) is 4.25. The van der Waals surface area contributed by atoms with Gasteiger partial charge in [0.2, 0.25) is 0 Å². The second-order valence-electron chi connectivity index (χ2n) is 7.50. The molecule has 4 rings (SSSR count). The van der Waals surface area contributed by atoms with Gasteiger partial charge in [-0.3, -0.25) is 9.69 Å². The number of fused-ring (bicyclic) bond motifs is 3. The maximum atomic E-state index is 11.9. The Hall–Kier alpha value is -3.09. The van der Waals surface area contributed by atoms with Crippen molar-refractivity contribution in [1.29, 1.82) is 0 Å². The van der Waals surface area contributed by atoms with Crippen molar-refractivity contribution in [2.24, 2.45) is 7.05 Å². The molecule has 0 bridgehead atoms. The molecule has 0 aliphatic carbocycles. The van der Waals surface area contributed by atoms with Crippen LogP contribution in [0.3, 0.4) is 0 Å². The summed E-state index contributed by atoms with van der Waals surface area (Å²) < 4.78 is 3.75. The molecule has 146 valence electrons. The number of nitrogens with zero attached hydrogens (tertiary/aromatic N) is 4. The van der Waals surface area contributed by atoms with Gasteiger partial charge in [-0.05, 0) is 44.4 Å². The Morgan fingerprint density at radius 2 is 2.14 bits per heavy atom. The summed E-state index contributed by atoms with van der Waals surface area (Å²) in [6, 6.07) is 7.05. The zero-order valence-corrected chi connectivity index (χ0v) is 16.3. The molecule has 1 atom stereocenters. The maximum Gasteiger partial charge on any atom is 0.412 e. The van der Waals surface area contributed by atoms with E-state index in [4.69, 9.17) is 4.98 Å². The standard InChI is InChI=1S/C21H24N4O3/c1-13-12-16-15(8-7-14(2)25(16)21(27)28)19-20(13)23(3)17(22-19)9-11-24-10-5-4-6-18(24)26/h4-6,10,12,14H,7-9,11H2,1-3H3,(H,27,28). The van der Waals surface area contributed by atoms with Gasteiger partial charge in [0.15, 0.2) is 0 Å². The van der Waals surface area contributed by atoms with E-state index in [0.29, 0.717) is 13.0 Å². The maximum absolute atomic E-state index is 11.9. The van der Waals surface area contributed by atoms with Crippen molar-refractivity contribution in [1.82, 2.24) is 14.1 Å². The van der Waals surface area contributed by atoms with Gasteiger partial charge in [-0.2, -0.15) is 0 Å². The number of aromatic nitrogens is 3. The quantitative estimate of drug-likeness (QED) is 0.757. The lowest BCUT2D eigenvalue weighted by molar-refractivity contribution is 0.198. The third-order valence-electron chi connectivity index (χ3n) is 5.70. The van der Waals surface area contributed by atoms with E-state index in [-0.39, 0.29) is 11.6 Å². The molecule has 1 aliphatic heterocycles. The molecule has 0 saturated heterocycles. The monoisotopic (exact) mass is 380 g/mol. The minimum absolute atomic E-state index is 0.0269. The number of benzene rings is 1. The first-order valence-electron chi connectivity index (χ1n) is 9.54. The van der Waals surface area contributed by atoms with Crippen LogP contribution in [0.1, 0.15) is 30.3 Å². The normalized spacial score (nSPS) is 16.4. The molecule has 1 aromatic carbocycles. The van der Waals surface area contributed by atoms with Crippen molar-refractivity contribution in [3.8, 4) is 0 Å². The number of rotatable bonds is 3. The number of pyridine rings is 1. The first-order valence-corrected chi connectivity index (χ1v) is 9.54. The second-order valence-corrected chi connectivity index (χ2v) is 7.50. The van der Waals surface area contributed by atoms with E-state index in [2.05, 4.69) is 4.57 Å². The van der Waals surface area contributed by atoms with E-state index in [0.717, 1.165) is 46.5 Å². The van der Waals surface area contributed by atoms with Gasteiger partial charge < -0.3 is 14.2 Å². The molecule has 7 nitrogen and oxygen atoms in total. The Morgan fingerprint density at radius 1 is 1.36 bits per heavy atom. The number of hydrogen-bond acceptors (Lipinski definition) is 3. The van der Waals surface area contributed by atoms with Gasteiger partial charge in [0, 0.05) is 43.9 Å². The fourth-order valence-corrected chi connectivity index (χ4v) is 4.25. The van der Waals surface area contributed by atoms with Crippen LogP contribution in [0, 0.1) is 6.92 Å². The van der Waals surface area contributed by atoms with Crippen molar-refractivity contribution in [3.63, 3.8) is 0 Å². The van der Waals surface area contributed by atoms with E-state index in [1.165, 1.54) is 4.90 Å². The van der Waals surface area contributed by atoms with E-state index in [1.54, 1.807) is 22.9 Å². The van der Waals surface area contributed by atoms with Crippen LogP contribution in [0.5, 0.6) is 0 Å². The third kappa shape index (κ3) is 2.87. The summed E-state index contributed by atoms with van der Waals surface area (Å²) in [4.78, 5) is 30.1. The van der Waals surface area contributed by atoms with Crippen molar-refractivity contribution in [2.75, 3.05) is 4.90 Å². The van der Waals surface area contributed by atoms with Crippen LogP contribution >= 0.6 is 0 Å². The van der Waals surface area contributed by atoms with E-state index in [1.807, 2.05) is 33.0 Å². The average Bonchev–Trinajstić information content (AvgIpc) is 2.98. The largest absolute Gasteiger partial charge is 0.465 e. The fraction of sp³-hybridized carbons (Fsp3) is 0.381. The lowest BCUT2D eigenvalue weighted by Gasteiger charge is -2.33. The number of aryl methyl sites for hydroxylation is 5. The topological polar surface area (TPSA) is 80.4 Å². The van der Waals surface area contributed by atoms with E-state index >= 15 is 0 Å². The molecule has 0 spiro atoms. The van der Waals surface area contributed by atoms with Crippen LogP contribution in [-0.2, 0) is 26.4 Å². The molecule has 1 aliphatic rings. The zero-order valence-electron chi connectivity index (χ0n) is 16.3. The number of anilines is 1. The molecule has 7 heteroatoms. The summed E-state index contributed by atoms with van der Waals surface area (Å²) in [6.07, 6.45) is 3.08. The van der Waals surface area contributed by atoms with Crippen molar-refractivity contribution in [3.05, 3.63) is 57.8 Å². The minimum Gasteiger partial charge on any atom is -0.465 e. The molecule has 2 aromatic heterocycles. The van der Waals surface area contributed by atoms with Gasteiger partial charge >= 0.3 is 6.09 Å². The average molecular weight is 380 g/mol. The number of carboxylic acid groups (broad SMARTS) is 1. The van der Waals surface area contributed by atoms with E-state index in [9.17, 15) is 14.7 Å². The highest BCUT2D eigenvalue weighted by Crippen LogP contribution is 2.37. The second kappa shape index (κ2) is 6.82. The molecule has 0 radical (unpaired) electrons. The molecule has 0 fully saturated rings. The number of carbonyl (C=O) groups is 1. The Kier molecular flexibility index (Phi) is 4.45. The van der Waals surface area contributed by atoms with E-state index < -0.39 is 6.09 Å². The van der Waals surface area contributed by atoms with Crippen LogP contribution in [-0.4, -0.2) is 31.4 Å². The molecule has 1 unspecified atom stereocenters. The van der Waals surface area contributed by atoms with Gasteiger partial charge in [0.1, 0.15) is 5.82 Å². The summed E-state index contributed by atoms with van der Waals surface area (Å²) in [5.74, 6) is 0.891. The predicted octanol–water partition coefficient (Wildman–Crippen LogP) is 3.11. The highest BCUT2D eigenvalue weighted by atomic mass is 16.4. The van der Waals surface area contributed by atoms with Crippen LogP contribution in [0.4, 0.5) is 10.5 Å². The summed E-state index contributed by atoms with van der Waals surface area (Å²) in [7, 11) is 1.98. The lowest BCUT2D eigenvalue weighted by atomic mass is 9.94.